The van der Waals surface area contributed by atoms with Crippen molar-refractivity contribution >= 4 is 21.4 Å². The molecule has 0 aliphatic heterocycles. The molecule has 0 bridgehead atoms. The van der Waals surface area contributed by atoms with E-state index in [0.717, 1.165) is 57.4 Å². The van der Waals surface area contributed by atoms with Crippen molar-refractivity contribution in [2.75, 3.05) is 0 Å². The van der Waals surface area contributed by atoms with E-state index >= 15 is 0 Å². The van der Waals surface area contributed by atoms with Gasteiger partial charge in [0.1, 0.15) is 5.82 Å². The van der Waals surface area contributed by atoms with Crippen LogP contribution in [0.25, 0.3) is 10.1 Å². The molecule has 2 aromatic heterocycles. The number of pyridine rings is 1. The van der Waals surface area contributed by atoms with Gasteiger partial charge in [0.2, 0.25) is 0 Å². The highest BCUT2D eigenvalue weighted by Gasteiger charge is 2.12. The fourth-order valence-electron chi connectivity index (χ4n) is 3.09. The second kappa shape index (κ2) is 6.86. The minimum absolute atomic E-state index is 0.112. The van der Waals surface area contributed by atoms with Crippen molar-refractivity contribution in [2.45, 2.75) is 40.0 Å². The summed E-state index contributed by atoms with van der Waals surface area (Å²) in [7, 11) is 0. The second-order valence-corrected chi connectivity index (χ2v) is 7.45. The Hall–Kier alpha value is -2.00. The highest BCUT2D eigenvalue weighted by atomic mass is 32.1. The maximum atomic E-state index is 14.6. The van der Waals surface area contributed by atoms with Gasteiger partial charge in [0.05, 0.1) is 0 Å². The normalized spacial score (nSPS) is 11.2. The van der Waals surface area contributed by atoms with Crippen LogP contribution in [0.15, 0.2) is 41.8 Å². The Bertz CT molecular complexity index is 908. The molecule has 0 aliphatic carbocycles. The molecule has 0 spiro atoms. The molecule has 0 radical (unpaired) electrons. The zero-order valence-corrected chi connectivity index (χ0v) is 15.3. The summed E-state index contributed by atoms with van der Waals surface area (Å²) >= 11 is 1.62. The van der Waals surface area contributed by atoms with E-state index in [1.54, 1.807) is 17.4 Å². The van der Waals surface area contributed by atoms with E-state index in [2.05, 4.69) is 29.1 Å². The van der Waals surface area contributed by atoms with Crippen LogP contribution in [0, 0.1) is 19.7 Å². The molecule has 3 heteroatoms. The first-order valence-corrected chi connectivity index (χ1v) is 9.08. The summed E-state index contributed by atoms with van der Waals surface area (Å²) in [4.78, 5) is 4.50. The third-order valence-electron chi connectivity index (χ3n) is 4.27. The molecular weight excluding hydrogens is 317 g/mol. The summed E-state index contributed by atoms with van der Waals surface area (Å²) in [6.45, 7) is 9.95. The number of aryl methyl sites for hydroxylation is 4. The molecule has 0 unspecified atom stereocenters. The number of thiophene rings is 1. The van der Waals surface area contributed by atoms with Crippen LogP contribution in [-0.2, 0) is 19.3 Å². The van der Waals surface area contributed by atoms with Crippen molar-refractivity contribution in [1.82, 2.24) is 4.98 Å². The van der Waals surface area contributed by atoms with Gasteiger partial charge in [0, 0.05) is 21.5 Å². The lowest BCUT2D eigenvalue weighted by atomic mass is 10.0. The van der Waals surface area contributed by atoms with Gasteiger partial charge in [-0.1, -0.05) is 18.2 Å². The Morgan fingerprint density at radius 3 is 2.67 bits per heavy atom. The lowest BCUT2D eigenvalue weighted by Crippen LogP contribution is -1.98. The van der Waals surface area contributed by atoms with E-state index in [4.69, 9.17) is 0 Å². The van der Waals surface area contributed by atoms with Crippen molar-refractivity contribution in [1.29, 1.82) is 0 Å². The molecule has 124 valence electrons. The summed E-state index contributed by atoms with van der Waals surface area (Å²) in [5.74, 6) is -0.112. The van der Waals surface area contributed by atoms with Gasteiger partial charge < -0.3 is 0 Å². The first kappa shape index (κ1) is 16.8. The number of aromatic nitrogens is 1. The SMILES string of the molecule is C=C(C)Cc1csc2cc(CCc3ccc(C)nc3C)cc(F)c12. The van der Waals surface area contributed by atoms with Crippen molar-refractivity contribution in [2.24, 2.45) is 0 Å². The quantitative estimate of drug-likeness (QED) is 0.523. The molecule has 3 rings (SSSR count). The fraction of sp³-hybridized carbons (Fsp3) is 0.286. The average molecular weight is 339 g/mol. The van der Waals surface area contributed by atoms with Gasteiger partial charge in [-0.3, -0.25) is 4.98 Å². The Labute approximate surface area is 146 Å². The summed E-state index contributed by atoms with van der Waals surface area (Å²) in [6, 6.07) is 7.98. The summed E-state index contributed by atoms with van der Waals surface area (Å²) in [6.07, 6.45) is 2.45. The minimum Gasteiger partial charge on any atom is -0.258 e. The lowest BCUT2D eigenvalue weighted by Gasteiger charge is -2.07. The van der Waals surface area contributed by atoms with Gasteiger partial charge >= 0.3 is 0 Å². The second-order valence-electron chi connectivity index (χ2n) is 6.54. The number of nitrogens with zero attached hydrogens (tertiary/aromatic N) is 1. The van der Waals surface area contributed by atoms with Crippen LogP contribution in [0.4, 0.5) is 4.39 Å². The molecule has 0 atom stereocenters. The van der Waals surface area contributed by atoms with Gasteiger partial charge in [0.15, 0.2) is 0 Å². The van der Waals surface area contributed by atoms with Crippen molar-refractivity contribution < 1.29 is 4.39 Å². The molecule has 0 aliphatic rings. The molecule has 2 heterocycles. The van der Waals surface area contributed by atoms with E-state index in [-0.39, 0.29) is 5.82 Å². The number of fused-ring (bicyclic) bond motifs is 1. The minimum atomic E-state index is -0.112. The molecule has 0 amide bonds. The highest BCUT2D eigenvalue weighted by Crippen LogP contribution is 2.31. The summed E-state index contributed by atoms with van der Waals surface area (Å²) in [5, 5.41) is 2.82. The van der Waals surface area contributed by atoms with Crippen LogP contribution in [0.3, 0.4) is 0 Å². The third-order valence-corrected chi connectivity index (χ3v) is 5.25. The average Bonchev–Trinajstić information content (AvgIpc) is 2.89. The first-order valence-electron chi connectivity index (χ1n) is 8.20. The topological polar surface area (TPSA) is 12.9 Å². The number of benzene rings is 1. The summed E-state index contributed by atoms with van der Waals surface area (Å²) < 4.78 is 15.6. The number of rotatable bonds is 5. The molecule has 0 saturated carbocycles. The van der Waals surface area contributed by atoms with Crippen LogP contribution >= 0.6 is 11.3 Å². The Morgan fingerprint density at radius 1 is 1.17 bits per heavy atom. The molecule has 1 nitrogen and oxygen atoms in total. The van der Waals surface area contributed by atoms with E-state index in [1.165, 1.54) is 5.56 Å². The van der Waals surface area contributed by atoms with Gasteiger partial charge in [-0.05, 0) is 80.3 Å². The van der Waals surface area contributed by atoms with Crippen molar-refractivity contribution in [3.05, 3.63) is 75.7 Å². The predicted molar refractivity (Wildman–Crippen MR) is 101 cm³/mol. The third kappa shape index (κ3) is 3.57. The maximum Gasteiger partial charge on any atom is 0.132 e. The fourth-order valence-corrected chi connectivity index (χ4v) is 4.13. The molecule has 24 heavy (non-hydrogen) atoms. The molecular formula is C21H22FNS. The number of allylic oxidation sites excluding steroid dienone is 1. The maximum absolute atomic E-state index is 14.6. The number of halogens is 1. The van der Waals surface area contributed by atoms with Crippen LogP contribution in [0.5, 0.6) is 0 Å². The zero-order valence-electron chi connectivity index (χ0n) is 14.4. The Kier molecular flexibility index (Phi) is 4.81. The largest absolute Gasteiger partial charge is 0.258 e. The smallest absolute Gasteiger partial charge is 0.132 e. The van der Waals surface area contributed by atoms with E-state index in [1.807, 2.05) is 26.8 Å². The molecule has 3 aromatic rings. The van der Waals surface area contributed by atoms with E-state index in [0.29, 0.717) is 0 Å². The summed E-state index contributed by atoms with van der Waals surface area (Å²) in [5.41, 5.74) is 6.48. The van der Waals surface area contributed by atoms with Crippen molar-refractivity contribution in [3.8, 4) is 0 Å². The Morgan fingerprint density at radius 2 is 1.96 bits per heavy atom. The van der Waals surface area contributed by atoms with Gasteiger partial charge in [0.25, 0.3) is 0 Å². The lowest BCUT2D eigenvalue weighted by molar-refractivity contribution is 0.637. The van der Waals surface area contributed by atoms with Gasteiger partial charge in [-0.2, -0.15) is 0 Å². The van der Waals surface area contributed by atoms with Crippen LogP contribution < -0.4 is 0 Å². The monoisotopic (exact) mass is 339 g/mol. The van der Waals surface area contributed by atoms with Crippen LogP contribution in [0.1, 0.15) is 35.0 Å². The van der Waals surface area contributed by atoms with E-state index in [9.17, 15) is 4.39 Å². The zero-order chi connectivity index (χ0) is 17.3. The molecule has 0 fully saturated rings. The van der Waals surface area contributed by atoms with Crippen molar-refractivity contribution in [3.63, 3.8) is 0 Å². The Balaban J connectivity index is 1.84. The number of hydrogen-bond donors (Lipinski definition) is 0. The van der Waals surface area contributed by atoms with Crippen LogP contribution in [-0.4, -0.2) is 4.98 Å². The highest BCUT2D eigenvalue weighted by molar-refractivity contribution is 7.17. The van der Waals surface area contributed by atoms with Gasteiger partial charge in [-0.25, -0.2) is 4.39 Å². The molecule has 1 aromatic carbocycles. The number of hydrogen-bond acceptors (Lipinski definition) is 2. The standard InChI is InChI=1S/C21H22FNS/c1-13(2)9-18-12-24-20-11-16(10-19(22)21(18)20)6-8-17-7-5-14(3)23-15(17)4/h5,7,10-12H,1,6,8-9H2,2-4H3. The molecule has 0 saturated heterocycles. The van der Waals surface area contributed by atoms with E-state index < -0.39 is 0 Å². The first-order chi connectivity index (χ1) is 11.4. The molecule has 0 N–H and O–H groups in total. The predicted octanol–water partition coefficient (Wildman–Crippen LogP) is 5.96. The van der Waals surface area contributed by atoms with Crippen LogP contribution in [0.2, 0.25) is 0 Å². The van der Waals surface area contributed by atoms with Gasteiger partial charge in [-0.15, -0.1) is 11.3 Å².